The summed E-state index contributed by atoms with van der Waals surface area (Å²) in [6, 6.07) is 22.4. The van der Waals surface area contributed by atoms with Crippen LogP contribution in [0.2, 0.25) is 0 Å². The molecule has 1 aromatic heterocycles. The van der Waals surface area contributed by atoms with Crippen LogP contribution in [0.3, 0.4) is 0 Å². The molecule has 1 heterocycles. The van der Waals surface area contributed by atoms with Crippen molar-refractivity contribution in [3.63, 3.8) is 0 Å². The molecule has 7 aromatic carbocycles. The molecule has 0 saturated heterocycles. The number of methoxy groups -OCH3 is 2. The van der Waals surface area contributed by atoms with Gasteiger partial charge in [-0.1, -0.05) is 32.0 Å². The minimum atomic E-state index is -4.55. The van der Waals surface area contributed by atoms with Gasteiger partial charge in [-0.25, -0.2) is 0 Å². The number of phenols is 3. The van der Waals surface area contributed by atoms with Gasteiger partial charge in [0.25, 0.3) is 0 Å². The predicted octanol–water partition coefficient (Wildman–Crippen LogP) is 34.7. The predicted molar refractivity (Wildman–Crippen MR) is 594 cm³/mol. The summed E-state index contributed by atoms with van der Waals surface area (Å²) >= 11 is 13.8. The van der Waals surface area contributed by atoms with E-state index < -0.39 is 34.9 Å². The first-order chi connectivity index (χ1) is 68.3. The molecular weight excluding hydrogens is 2350 g/mol. The second-order valence-corrected chi connectivity index (χ2v) is 56.7. The SMILES string of the molecule is CC(C)(C)O.CC(C)(C)[CH]=[Mo]=[N]C12CC3CC(CC(C3)C1)C2.CC(C)(C)[CH]=[Mo]=[N]C12CC3CC(CC(C3)C1)C2.CC(C)(O)C(F)(F)F.COc1c(Br)cc2c(c1-c1c(O)c(Br)cc3c1CCCC3)CCCC2.COc1c(Br)cc2c(c1-c1c(O)c(Br)cc3c1CCCC3)CCCC2.Cc1cc2c(c(-c3c(O)c(C(F)(F)F)cc4c3CCCC4)c1C)CCCC2.Cc1ccc(C)[n-]1.Cc1cccc(C)c1[N]=[Mo]=[CH]C(C)(C)C. The van der Waals surface area contributed by atoms with Gasteiger partial charge in [0.15, 0.2) is 5.60 Å². The molecule has 22 rings (SSSR count). The molecule has 8 fully saturated rings. The Labute approximate surface area is 927 Å². The fraction of sp³-hybridized carbons (Fsp3) is 0.598. The van der Waals surface area contributed by atoms with Crippen molar-refractivity contribution in [1.82, 2.24) is 4.98 Å². The van der Waals surface area contributed by atoms with Crippen molar-refractivity contribution < 1.29 is 115 Å². The van der Waals surface area contributed by atoms with Crippen LogP contribution in [-0.2, 0) is 137 Å². The van der Waals surface area contributed by atoms with Gasteiger partial charge >= 0.3 is 341 Å². The quantitative estimate of drug-likeness (QED) is 0.0739. The van der Waals surface area contributed by atoms with Crippen LogP contribution >= 0.6 is 63.7 Å². The van der Waals surface area contributed by atoms with Crippen LogP contribution in [0, 0.1) is 93.3 Å². The molecule has 0 atom stereocenters. The van der Waals surface area contributed by atoms with Crippen molar-refractivity contribution >= 4 is 82.6 Å². The zero-order valence-corrected chi connectivity index (χ0v) is 103. The van der Waals surface area contributed by atoms with Gasteiger partial charge in [-0.05, 0) is 380 Å². The Bertz CT molecular complexity index is 5820. The molecule has 11 nitrogen and oxygen atoms in total. The summed E-state index contributed by atoms with van der Waals surface area (Å²) in [4.78, 5) is 4.11. The molecule has 0 spiro atoms. The summed E-state index contributed by atoms with van der Waals surface area (Å²) < 4.78 is 113. The molecule has 146 heavy (non-hydrogen) atoms. The number of hydrogen-bond acceptors (Lipinski definition) is 10. The third kappa shape index (κ3) is 32.1. The maximum absolute atomic E-state index is 13.7. The zero-order chi connectivity index (χ0) is 107. The number of rotatable bonds is 8. The number of phenolic OH excluding ortho intramolecular Hbond substituents is 3. The van der Waals surface area contributed by atoms with Gasteiger partial charge in [-0.15, -0.1) is 0 Å². The van der Waals surface area contributed by atoms with E-state index in [1.54, 1.807) is 35.0 Å². The summed E-state index contributed by atoms with van der Waals surface area (Å²) in [7, 11) is 3.45. The van der Waals surface area contributed by atoms with Crippen LogP contribution in [0.15, 0.2) is 95.1 Å². The molecule has 8 aromatic rings. The molecule has 0 radical (unpaired) electrons. The van der Waals surface area contributed by atoms with E-state index in [2.05, 4.69) is 207 Å². The summed E-state index contributed by atoms with van der Waals surface area (Å²) in [5.74, 6) is 8.11. The van der Waals surface area contributed by atoms with Crippen molar-refractivity contribution in [3.8, 4) is 62.1 Å². The zero-order valence-electron chi connectivity index (χ0n) is 90.8. The van der Waals surface area contributed by atoms with E-state index in [9.17, 15) is 41.7 Å². The second kappa shape index (κ2) is 50.9. The van der Waals surface area contributed by atoms with E-state index >= 15 is 0 Å². The van der Waals surface area contributed by atoms with E-state index in [0.717, 1.165) is 228 Å². The van der Waals surface area contributed by atoms with Gasteiger partial charge in [0.05, 0.1) is 43.3 Å². The Morgan fingerprint density at radius 2 is 0.630 bits per heavy atom. The number of benzene rings is 7. The third-order valence-corrected chi connectivity index (χ3v) is 42.0. The fourth-order valence-corrected chi connectivity index (χ4v) is 32.6. The number of ether oxygens (including phenoxy) is 2. The number of nitrogens with zero attached hydrogens (tertiary/aromatic N) is 4. The van der Waals surface area contributed by atoms with Crippen molar-refractivity contribution in [3.05, 3.63) is 191 Å². The van der Waals surface area contributed by atoms with Crippen LogP contribution in [0.4, 0.5) is 32.0 Å². The number of aromatic nitrogens is 1. The number of aliphatic hydroxyl groups is 2. The molecule has 802 valence electrons. The van der Waals surface area contributed by atoms with Crippen molar-refractivity contribution in [2.24, 2.45) is 62.2 Å². The number of hydrogen-bond donors (Lipinski definition) is 5. The standard InChI is InChI=1S/C23H25F3O.2C21H22Br2O2.2C10H15N.C8H9N.C6H8N.3C5H10.C4H7F3O.C4H10O.3Mo/c1-13-11-15-7-3-5-9-17(15)20(14(13)2)21-18-10-6-4-8-16(18)12-19(22(21)27)23(24,25)26;2*1-25-21-17(23)11-13-7-3-5-9-15(13)19(21)18-14-8-4-2-6-12(14)10-16(22)20(18)24;2*11-10-4-7-1-8(5-10)3-9(2-7)6-10;1-6-4-3-5-7(2)8(6)9;1-5-3-4-6(2)7-5;3*1-5(2,3)4;1-3(2,8)4(5,6)7;1-4(2,3)5;;;/h11-12,27H,3-10H2,1-2H3;2*10-11,24H,2-9H2,1H3;2*7-9H,1-6H2;3-5H,1-2H3;3-4H,1-2H3;3*1H,2-4H3;8H,1-2H3;5H,1-3H3;;;/q;;;;;;-1;;;;;;;;. The molecule has 8 saturated carbocycles. The number of halogens is 10. The number of fused-ring (bicyclic) bond motifs is 6. The van der Waals surface area contributed by atoms with E-state index in [-0.39, 0.29) is 53.8 Å². The average Bonchev–Trinajstić information content (AvgIpc) is 0.864. The molecule has 8 bridgehead atoms. The van der Waals surface area contributed by atoms with Crippen LogP contribution in [-0.4, -0.2) is 81.4 Å². The summed E-state index contributed by atoms with van der Waals surface area (Å²) in [5.41, 5.74) is 26.5. The Morgan fingerprint density at radius 1 is 0.363 bits per heavy atom. The van der Waals surface area contributed by atoms with Crippen LogP contribution in [0.25, 0.3) is 33.4 Å². The van der Waals surface area contributed by atoms with Crippen LogP contribution in [0.1, 0.15) is 357 Å². The first-order valence-electron chi connectivity index (χ1n) is 53.6. The van der Waals surface area contributed by atoms with Crippen LogP contribution in [0.5, 0.6) is 28.7 Å². The molecule has 14 aliphatic rings. The van der Waals surface area contributed by atoms with Gasteiger partial charge in [0.1, 0.15) is 28.7 Å². The first kappa shape index (κ1) is 120. The molecule has 0 aliphatic heterocycles. The monoisotopic (exact) mass is 2520 g/mol. The maximum atomic E-state index is 13.7. The second-order valence-electron chi connectivity index (χ2n) is 48.6. The Balaban J connectivity index is 0.000000151. The number of aryl methyl sites for hydroxylation is 11. The first-order valence-corrected chi connectivity index (χ1v) is 62.9. The normalized spacial score (nSPS) is 21.6. The number of aromatic hydroxyl groups is 3. The molecule has 5 N–H and O–H groups in total. The Kier molecular flexibility index (Phi) is 41.8. The third-order valence-electron chi connectivity index (χ3n) is 30.4. The molecular formula is C122H163Br4F6Mo3N4O7-. The van der Waals surface area contributed by atoms with E-state index in [4.69, 9.17) is 30.2 Å². The van der Waals surface area contributed by atoms with E-state index in [0.29, 0.717) is 64.7 Å². The van der Waals surface area contributed by atoms with E-state index in [1.807, 2.05) is 39.8 Å². The fourth-order valence-electron chi connectivity index (χ4n) is 24.5. The van der Waals surface area contributed by atoms with Gasteiger partial charge in [-0.2, -0.15) is 37.7 Å². The van der Waals surface area contributed by atoms with Crippen LogP contribution < -0.4 is 14.5 Å². The van der Waals surface area contributed by atoms with Crippen molar-refractivity contribution in [2.75, 3.05) is 14.2 Å². The van der Waals surface area contributed by atoms with Crippen molar-refractivity contribution in [1.29, 1.82) is 0 Å². The Morgan fingerprint density at radius 3 is 0.911 bits per heavy atom. The molecule has 14 aliphatic carbocycles. The van der Waals surface area contributed by atoms with Crippen molar-refractivity contribution in [2.45, 2.75) is 404 Å². The van der Waals surface area contributed by atoms with Gasteiger partial charge < -0.3 is 40.0 Å². The number of alkyl halides is 6. The van der Waals surface area contributed by atoms with Gasteiger partial charge in [0.2, 0.25) is 0 Å². The molecule has 24 heteroatoms. The summed E-state index contributed by atoms with van der Waals surface area (Å²) in [5, 5.41) is 49.6. The van der Waals surface area contributed by atoms with Gasteiger partial charge in [-0.3, -0.25) is 0 Å². The van der Waals surface area contributed by atoms with E-state index in [1.165, 1.54) is 201 Å². The summed E-state index contributed by atoms with van der Waals surface area (Å²) in [6.45, 7) is 39.5. The topological polar surface area (TPSA) is 171 Å². The molecule has 0 amide bonds. The summed E-state index contributed by atoms with van der Waals surface area (Å²) in [6.07, 6.45) is 34.3. The minimum absolute atomic E-state index is 0.214. The van der Waals surface area contributed by atoms with Gasteiger partial charge in [0, 0.05) is 27.8 Å². The molecule has 0 unspecified atom stereocenters. The average molecular weight is 2520 g/mol. The Hall–Kier alpha value is -4.69.